The van der Waals surface area contributed by atoms with Gasteiger partial charge in [0.15, 0.2) is 0 Å². The van der Waals surface area contributed by atoms with Crippen molar-refractivity contribution in [2.24, 2.45) is 11.7 Å². The Morgan fingerprint density at radius 2 is 2.00 bits per heavy atom. The zero-order valence-electron chi connectivity index (χ0n) is 9.79. The van der Waals surface area contributed by atoms with Gasteiger partial charge >= 0.3 is 0 Å². The molecule has 1 aromatic rings. The van der Waals surface area contributed by atoms with Gasteiger partial charge in [-0.2, -0.15) is 0 Å². The molecule has 0 unspecified atom stereocenters. The molecule has 0 aromatic carbocycles. The monoisotopic (exact) mass is 278 g/mol. The fraction of sp³-hybridized carbons (Fsp3) is 0.818. The van der Waals surface area contributed by atoms with Crippen LogP contribution in [0.2, 0.25) is 0 Å². The normalized spacial score (nSPS) is 27.4. The van der Waals surface area contributed by atoms with Gasteiger partial charge in [-0.05, 0) is 38.0 Å². The summed E-state index contributed by atoms with van der Waals surface area (Å²) in [4.78, 5) is 0. The number of aromatic nitrogens is 3. The maximum atomic E-state index is 5.90. The summed E-state index contributed by atoms with van der Waals surface area (Å²) in [6.45, 7) is 1.01. The molecule has 4 nitrogen and oxygen atoms in total. The highest BCUT2D eigenvalue weighted by Crippen LogP contribution is 2.38. The lowest BCUT2D eigenvalue weighted by atomic mass is 10.1. The number of nitrogens with two attached hydrogens (primary N) is 1. The van der Waals surface area contributed by atoms with Gasteiger partial charge in [0.2, 0.25) is 0 Å². The van der Waals surface area contributed by atoms with E-state index in [2.05, 4.69) is 16.5 Å². The average molecular weight is 279 g/mol. The smallest absolute Gasteiger partial charge is 0.0857 e. The molecule has 0 spiro atoms. The lowest BCUT2D eigenvalue weighted by molar-refractivity contribution is 0.417. The largest absolute Gasteiger partial charge is 0.328 e. The summed E-state index contributed by atoms with van der Waals surface area (Å²) in [5.41, 5.74) is 7.09. The van der Waals surface area contributed by atoms with Crippen molar-refractivity contribution < 1.29 is 0 Å². The van der Waals surface area contributed by atoms with E-state index < -0.39 is 0 Å². The molecule has 0 radical (unpaired) electrons. The standard InChI is InChI=1S/C11H18N4.2ClH/c12-10-4-1-8(5-10)6-15-7-11(13-14-15)9-2-3-9;;/h7-10H,1-6,12H2;2*1H/t8-,10+;;/m1../s1. The minimum Gasteiger partial charge on any atom is -0.328 e. The Balaban J connectivity index is 0.000000722. The Kier molecular flexibility index (Phi) is 5.22. The van der Waals surface area contributed by atoms with Crippen LogP contribution in [0.5, 0.6) is 0 Å². The second-order valence-electron chi connectivity index (χ2n) is 5.08. The van der Waals surface area contributed by atoms with Crippen LogP contribution >= 0.6 is 24.8 Å². The summed E-state index contributed by atoms with van der Waals surface area (Å²) < 4.78 is 2.01. The molecule has 0 bridgehead atoms. The Labute approximate surface area is 114 Å². The van der Waals surface area contributed by atoms with Gasteiger partial charge < -0.3 is 5.73 Å². The summed E-state index contributed by atoms with van der Waals surface area (Å²) in [7, 11) is 0. The number of nitrogens with zero attached hydrogens (tertiary/aromatic N) is 3. The first kappa shape index (κ1) is 14.7. The summed E-state index contributed by atoms with van der Waals surface area (Å²) in [6, 6.07) is 0.418. The lowest BCUT2D eigenvalue weighted by Gasteiger charge is -2.07. The summed E-state index contributed by atoms with van der Waals surface area (Å²) >= 11 is 0. The maximum absolute atomic E-state index is 5.90. The van der Waals surface area contributed by atoms with Gasteiger partial charge in [0, 0.05) is 24.7 Å². The van der Waals surface area contributed by atoms with Crippen molar-refractivity contribution in [2.45, 2.75) is 50.6 Å². The zero-order valence-corrected chi connectivity index (χ0v) is 11.4. The van der Waals surface area contributed by atoms with Crippen molar-refractivity contribution >= 4 is 24.8 Å². The van der Waals surface area contributed by atoms with Crippen LogP contribution in [0.25, 0.3) is 0 Å². The van der Waals surface area contributed by atoms with Crippen molar-refractivity contribution in [3.05, 3.63) is 11.9 Å². The van der Waals surface area contributed by atoms with Gasteiger partial charge in [0.05, 0.1) is 5.69 Å². The first-order chi connectivity index (χ1) is 7.31. The van der Waals surface area contributed by atoms with Gasteiger partial charge in [0.1, 0.15) is 0 Å². The third-order valence-electron chi connectivity index (χ3n) is 3.58. The molecule has 2 aliphatic rings. The van der Waals surface area contributed by atoms with Gasteiger partial charge in [-0.3, -0.25) is 4.68 Å². The average Bonchev–Trinajstić information content (AvgIpc) is 2.84. The molecular weight excluding hydrogens is 259 g/mol. The van der Waals surface area contributed by atoms with Crippen LogP contribution in [-0.4, -0.2) is 21.0 Å². The molecule has 2 fully saturated rings. The van der Waals surface area contributed by atoms with Crippen LogP contribution in [0.1, 0.15) is 43.7 Å². The first-order valence-corrected chi connectivity index (χ1v) is 5.97. The summed E-state index contributed by atoms with van der Waals surface area (Å²) in [5, 5.41) is 8.41. The molecule has 2 N–H and O–H groups in total. The van der Waals surface area contributed by atoms with E-state index in [0.717, 1.165) is 13.0 Å². The zero-order chi connectivity index (χ0) is 10.3. The van der Waals surface area contributed by atoms with Crippen LogP contribution in [0.15, 0.2) is 6.20 Å². The topological polar surface area (TPSA) is 56.7 Å². The van der Waals surface area contributed by atoms with E-state index in [0.29, 0.717) is 17.9 Å². The Bertz CT molecular complexity index is 351. The Morgan fingerprint density at radius 3 is 2.59 bits per heavy atom. The van der Waals surface area contributed by atoms with Crippen LogP contribution in [0.4, 0.5) is 0 Å². The predicted molar refractivity (Wildman–Crippen MR) is 71.8 cm³/mol. The first-order valence-electron chi connectivity index (χ1n) is 5.97. The quantitative estimate of drug-likeness (QED) is 0.922. The minimum absolute atomic E-state index is 0. The molecule has 2 saturated carbocycles. The van der Waals surface area contributed by atoms with Crippen molar-refractivity contribution in [3.8, 4) is 0 Å². The summed E-state index contributed by atoms with van der Waals surface area (Å²) in [5.74, 6) is 1.43. The highest BCUT2D eigenvalue weighted by atomic mass is 35.5. The minimum atomic E-state index is 0. The van der Waals surface area contributed by atoms with Gasteiger partial charge in [-0.25, -0.2) is 0 Å². The molecular formula is C11H20Cl2N4. The maximum Gasteiger partial charge on any atom is 0.0857 e. The molecule has 2 atom stereocenters. The number of hydrogen-bond acceptors (Lipinski definition) is 3. The SMILES string of the molecule is Cl.Cl.N[C@H]1CC[C@@H](Cn2cc(C3CC3)nn2)C1. The van der Waals surface area contributed by atoms with Gasteiger partial charge in [-0.15, -0.1) is 29.9 Å². The van der Waals surface area contributed by atoms with Crippen LogP contribution in [0, 0.1) is 5.92 Å². The van der Waals surface area contributed by atoms with Crippen molar-refractivity contribution in [1.82, 2.24) is 15.0 Å². The third kappa shape index (κ3) is 3.57. The molecule has 2 aliphatic carbocycles. The van der Waals surface area contributed by atoms with E-state index in [4.69, 9.17) is 5.73 Å². The van der Waals surface area contributed by atoms with E-state index in [9.17, 15) is 0 Å². The Morgan fingerprint density at radius 1 is 1.24 bits per heavy atom. The molecule has 1 aromatic heterocycles. The van der Waals surface area contributed by atoms with Gasteiger partial charge in [0.25, 0.3) is 0 Å². The van der Waals surface area contributed by atoms with E-state index in [1.807, 2.05) is 4.68 Å². The highest BCUT2D eigenvalue weighted by molar-refractivity contribution is 5.85. The molecule has 98 valence electrons. The lowest BCUT2D eigenvalue weighted by Crippen LogP contribution is -2.16. The van der Waals surface area contributed by atoms with Crippen LogP contribution in [0.3, 0.4) is 0 Å². The van der Waals surface area contributed by atoms with E-state index in [-0.39, 0.29) is 24.8 Å². The fourth-order valence-electron chi connectivity index (χ4n) is 2.51. The molecule has 3 rings (SSSR count). The second-order valence-corrected chi connectivity index (χ2v) is 5.08. The molecule has 0 amide bonds. The highest BCUT2D eigenvalue weighted by Gasteiger charge is 2.27. The molecule has 0 aliphatic heterocycles. The molecule has 17 heavy (non-hydrogen) atoms. The van der Waals surface area contributed by atoms with Crippen LogP contribution in [-0.2, 0) is 6.54 Å². The van der Waals surface area contributed by atoms with E-state index in [1.54, 1.807) is 0 Å². The molecule has 6 heteroatoms. The number of rotatable bonds is 3. The molecule has 1 heterocycles. The van der Waals surface area contributed by atoms with Crippen molar-refractivity contribution in [1.29, 1.82) is 0 Å². The fourth-order valence-corrected chi connectivity index (χ4v) is 2.51. The van der Waals surface area contributed by atoms with Crippen LogP contribution < -0.4 is 5.73 Å². The van der Waals surface area contributed by atoms with Gasteiger partial charge in [-0.1, -0.05) is 5.21 Å². The van der Waals surface area contributed by atoms with E-state index >= 15 is 0 Å². The second kappa shape index (κ2) is 6.03. The number of halogens is 2. The van der Waals surface area contributed by atoms with Crippen molar-refractivity contribution in [3.63, 3.8) is 0 Å². The molecule has 0 saturated heterocycles. The van der Waals surface area contributed by atoms with E-state index in [1.165, 1.54) is 31.4 Å². The third-order valence-corrected chi connectivity index (χ3v) is 3.58. The number of hydrogen-bond donors (Lipinski definition) is 1. The summed E-state index contributed by atoms with van der Waals surface area (Å²) in [6.07, 6.45) is 8.30. The van der Waals surface area contributed by atoms with Crippen molar-refractivity contribution in [2.75, 3.05) is 0 Å². The Hall–Kier alpha value is -0.320. The predicted octanol–water partition coefficient (Wildman–Crippen LogP) is 2.13.